The van der Waals surface area contributed by atoms with Crippen molar-refractivity contribution in [3.63, 3.8) is 0 Å². The second kappa shape index (κ2) is 21.0. The summed E-state index contributed by atoms with van der Waals surface area (Å²) < 4.78 is 16.7. The van der Waals surface area contributed by atoms with E-state index in [9.17, 15) is 28.8 Å². The van der Waals surface area contributed by atoms with E-state index in [1.165, 1.54) is 19.1 Å². The van der Waals surface area contributed by atoms with E-state index >= 15 is 0 Å². The van der Waals surface area contributed by atoms with E-state index in [-0.39, 0.29) is 53.8 Å². The maximum Gasteiger partial charge on any atom is 0.412 e. The highest BCUT2D eigenvalue weighted by Crippen LogP contribution is 2.21. The van der Waals surface area contributed by atoms with Gasteiger partial charge in [0, 0.05) is 41.2 Å². The molecule has 4 aromatic rings. The minimum absolute atomic E-state index is 0.0112. The molecule has 2 heterocycles. The van der Waals surface area contributed by atoms with Crippen molar-refractivity contribution in [1.29, 1.82) is 0 Å². The first kappa shape index (κ1) is 44.7. The molecule has 0 fully saturated rings. The number of unbranched alkanes of at least 4 members (excludes halogenated alkanes) is 2. The number of carbonyl (C=O) groups is 6. The zero-order valence-corrected chi connectivity index (χ0v) is 35.0. The summed E-state index contributed by atoms with van der Waals surface area (Å²) in [6.07, 6.45) is 3.49. The van der Waals surface area contributed by atoms with Crippen LogP contribution in [0.4, 0.5) is 16.2 Å². The van der Waals surface area contributed by atoms with Crippen LogP contribution in [0.5, 0.6) is 5.75 Å². The molecule has 1 aromatic heterocycles. The molecule has 3 aromatic carbocycles. The molecule has 0 saturated heterocycles. The number of benzene rings is 3. The lowest BCUT2D eigenvalue weighted by Gasteiger charge is -2.24. The van der Waals surface area contributed by atoms with E-state index in [1.54, 1.807) is 93.8 Å². The lowest BCUT2D eigenvalue weighted by molar-refractivity contribution is -0.137. The fraction of sp³-hybridized carbons (Fsp3) is 0.302. The van der Waals surface area contributed by atoms with Gasteiger partial charge in [-0.25, -0.2) is 9.79 Å². The van der Waals surface area contributed by atoms with Crippen molar-refractivity contribution in [2.24, 2.45) is 10.9 Å². The summed E-state index contributed by atoms with van der Waals surface area (Å²) in [6.45, 7) is 5.26. The van der Waals surface area contributed by atoms with Gasteiger partial charge in [-0.2, -0.15) is 0 Å². The summed E-state index contributed by atoms with van der Waals surface area (Å²) >= 11 is 11.8. The molecule has 60 heavy (non-hydrogen) atoms. The Hall–Kier alpha value is -6.39. The molecular weight excluding hydrogens is 812 g/mol. The molecular formula is C43H45ClN6O9S. The first-order chi connectivity index (χ1) is 28.7. The van der Waals surface area contributed by atoms with Crippen molar-refractivity contribution in [2.45, 2.75) is 65.1 Å². The van der Waals surface area contributed by atoms with Crippen LogP contribution in [0.3, 0.4) is 0 Å². The number of carbonyl (C=O) groups excluding carboxylic acids is 6. The molecule has 17 heteroatoms. The number of ether oxygens (including phenoxy) is 2. The average Bonchev–Trinajstić information content (AvgIpc) is 3.54. The summed E-state index contributed by atoms with van der Waals surface area (Å²) in [5, 5.41) is 11.9. The molecule has 4 N–H and O–H groups in total. The van der Waals surface area contributed by atoms with Gasteiger partial charge >= 0.3 is 6.09 Å². The number of amides is 6. The molecule has 0 saturated carbocycles. The number of halogens is 1. The number of fused-ring (bicyclic) bond motifs is 1. The van der Waals surface area contributed by atoms with Gasteiger partial charge in [0.1, 0.15) is 35.0 Å². The number of hydrogen-bond donors (Lipinski definition) is 4. The van der Waals surface area contributed by atoms with Gasteiger partial charge in [-0.15, -0.1) is 0 Å². The Morgan fingerprint density at radius 2 is 1.57 bits per heavy atom. The Bertz CT molecular complexity index is 2350. The van der Waals surface area contributed by atoms with Gasteiger partial charge in [-0.1, -0.05) is 56.2 Å². The quantitative estimate of drug-likeness (QED) is 0.0556. The van der Waals surface area contributed by atoms with Crippen molar-refractivity contribution in [3.05, 3.63) is 107 Å². The minimum Gasteiger partial charge on any atom is -0.497 e. The van der Waals surface area contributed by atoms with Crippen molar-refractivity contribution < 1.29 is 42.7 Å². The van der Waals surface area contributed by atoms with Crippen molar-refractivity contribution in [1.82, 2.24) is 20.9 Å². The highest BCUT2D eigenvalue weighted by Gasteiger charge is 2.27. The van der Waals surface area contributed by atoms with Gasteiger partial charge in [0.25, 0.3) is 11.8 Å². The Kier molecular flexibility index (Phi) is 15.7. The number of thiocarbonyl (C=S) groups is 1. The highest BCUT2D eigenvalue weighted by molar-refractivity contribution is 7.80. The second-order valence-corrected chi connectivity index (χ2v) is 15.0. The first-order valence-corrected chi connectivity index (χ1v) is 19.9. The van der Waals surface area contributed by atoms with Crippen LogP contribution < -0.4 is 31.6 Å². The molecule has 1 aliphatic rings. The number of anilines is 1. The zero-order chi connectivity index (χ0) is 43.3. The van der Waals surface area contributed by atoms with Crippen LogP contribution in [0.15, 0.2) is 94.4 Å². The Labute approximate surface area is 356 Å². The minimum atomic E-state index is -0.936. The monoisotopic (exact) mass is 856 g/mol. The third kappa shape index (κ3) is 12.6. The summed E-state index contributed by atoms with van der Waals surface area (Å²) in [7, 11) is 1.56. The van der Waals surface area contributed by atoms with Gasteiger partial charge in [-0.3, -0.25) is 34.2 Å². The summed E-state index contributed by atoms with van der Waals surface area (Å²) in [5.41, 5.74) is 2.61. The van der Waals surface area contributed by atoms with Crippen LogP contribution in [-0.2, 0) is 35.3 Å². The van der Waals surface area contributed by atoms with Crippen molar-refractivity contribution >= 4 is 86.8 Å². The standard InChI is InChI=1S/C43H45ClN6O9S/c1-25(2)38(48-35(51)8-6-5-7-21-50-36(52)19-20-37(50)53)40(55)45-26(3)39(54)46-30-12-9-27(10-13-30)24-58-43(56)49-42(60)33-23-28-22-29(44)11-18-34(28)59-41(33)47-31-14-16-32(57-4)17-15-31/h9-20,22-23,25-26,38H,5-8,21,24H2,1-4H3,(H,45,55)(H,46,54)(H,48,51)(H,49,56,60)/b47-41-. The number of hydrogen-bond acceptors (Lipinski definition) is 11. The molecule has 2 atom stereocenters. The lowest BCUT2D eigenvalue weighted by atomic mass is 10.0. The third-order valence-corrected chi connectivity index (χ3v) is 9.82. The third-order valence-electron chi connectivity index (χ3n) is 9.27. The Morgan fingerprint density at radius 1 is 0.867 bits per heavy atom. The Balaban J connectivity index is 1.08. The van der Waals surface area contributed by atoms with Crippen LogP contribution in [0.25, 0.3) is 11.0 Å². The van der Waals surface area contributed by atoms with Gasteiger partial charge in [0.15, 0.2) is 0 Å². The Morgan fingerprint density at radius 3 is 2.23 bits per heavy atom. The molecule has 0 spiro atoms. The molecule has 2 unspecified atom stereocenters. The summed E-state index contributed by atoms with van der Waals surface area (Å²) in [6, 6.07) is 18.6. The smallest absolute Gasteiger partial charge is 0.412 e. The molecule has 5 rings (SSSR count). The van der Waals surface area contributed by atoms with E-state index in [0.717, 1.165) is 4.90 Å². The van der Waals surface area contributed by atoms with Crippen LogP contribution in [-0.4, -0.2) is 71.3 Å². The van der Waals surface area contributed by atoms with E-state index in [1.807, 2.05) is 0 Å². The van der Waals surface area contributed by atoms with Crippen LogP contribution in [0.1, 0.15) is 57.6 Å². The highest BCUT2D eigenvalue weighted by atomic mass is 35.5. The second-order valence-electron chi connectivity index (χ2n) is 14.2. The topological polar surface area (TPSA) is 198 Å². The van der Waals surface area contributed by atoms with Gasteiger partial charge in [0.05, 0.1) is 18.4 Å². The fourth-order valence-electron chi connectivity index (χ4n) is 5.93. The molecule has 314 valence electrons. The average molecular weight is 857 g/mol. The van der Waals surface area contributed by atoms with E-state index in [4.69, 9.17) is 37.7 Å². The number of alkyl carbamates (subject to hydrolysis) is 1. The molecule has 0 radical (unpaired) electrons. The van der Waals surface area contributed by atoms with Crippen LogP contribution in [0.2, 0.25) is 5.02 Å². The molecule has 6 amide bonds. The lowest BCUT2D eigenvalue weighted by Crippen LogP contribution is -2.53. The molecule has 0 bridgehead atoms. The number of rotatable bonds is 17. The van der Waals surface area contributed by atoms with E-state index in [0.29, 0.717) is 63.5 Å². The van der Waals surface area contributed by atoms with Crippen LogP contribution >= 0.6 is 23.8 Å². The van der Waals surface area contributed by atoms with Gasteiger partial charge < -0.3 is 29.8 Å². The largest absolute Gasteiger partial charge is 0.497 e. The zero-order valence-electron chi connectivity index (χ0n) is 33.4. The number of imide groups is 1. The molecule has 0 aliphatic carbocycles. The summed E-state index contributed by atoms with van der Waals surface area (Å²) in [4.78, 5) is 80.7. The van der Waals surface area contributed by atoms with Gasteiger partial charge in [0.2, 0.25) is 23.3 Å². The maximum absolute atomic E-state index is 13.1. The normalized spacial score (nSPS) is 13.6. The molecule has 1 aliphatic heterocycles. The molecule has 15 nitrogen and oxygen atoms in total. The number of nitrogens with one attached hydrogen (secondary N) is 4. The van der Waals surface area contributed by atoms with Gasteiger partial charge in [-0.05, 0) is 91.9 Å². The first-order valence-electron chi connectivity index (χ1n) is 19.1. The predicted molar refractivity (Wildman–Crippen MR) is 228 cm³/mol. The van der Waals surface area contributed by atoms with Crippen molar-refractivity contribution in [2.75, 3.05) is 19.0 Å². The summed E-state index contributed by atoms with van der Waals surface area (Å²) in [5.74, 6) is -1.60. The number of nitrogens with zero attached hydrogens (tertiary/aromatic N) is 2. The van der Waals surface area contributed by atoms with Crippen molar-refractivity contribution in [3.8, 4) is 5.75 Å². The number of methoxy groups -OCH3 is 1. The fourth-order valence-corrected chi connectivity index (χ4v) is 6.34. The van der Waals surface area contributed by atoms with E-state index in [2.05, 4.69) is 26.3 Å². The van der Waals surface area contributed by atoms with Crippen LogP contribution in [0, 0.1) is 5.92 Å². The SMILES string of the molecule is COc1ccc(/N=c2\oc3ccc(Cl)cc3cc2C(=S)NC(=O)OCc2ccc(NC(=O)C(C)NC(=O)C(NC(=O)CCCCCN3C(=O)C=CC3=O)C(C)C)cc2)cc1. The maximum atomic E-state index is 13.1. The van der Waals surface area contributed by atoms with E-state index < -0.39 is 30.0 Å². The predicted octanol–water partition coefficient (Wildman–Crippen LogP) is 6.00.